The van der Waals surface area contributed by atoms with Crippen molar-refractivity contribution in [2.24, 2.45) is 0 Å². The van der Waals surface area contributed by atoms with Gasteiger partial charge in [0.1, 0.15) is 11.0 Å². The van der Waals surface area contributed by atoms with Crippen molar-refractivity contribution in [1.29, 1.82) is 0 Å². The van der Waals surface area contributed by atoms with E-state index in [1.165, 1.54) is 25.0 Å². The molecule has 0 bridgehead atoms. The summed E-state index contributed by atoms with van der Waals surface area (Å²) in [5.41, 5.74) is 4.31. The van der Waals surface area contributed by atoms with Crippen LogP contribution < -0.4 is 0 Å². The standard InChI is InChI=1S/C18H17ClFN3/c1-11-16(12-5-2-3-6-12)17(19)23-18(22-11)15(10-21-23)13-7-4-8-14(20)9-13/h4,7-10,12H,2-3,5-6H2,1H3. The summed E-state index contributed by atoms with van der Waals surface area (Å²) in [6.45, 7) is 2.00. The summed E-state index contributed by atoms with van der Waals surface area (Å²) < 4.78 is 15.2. The lowest BCUT2D eigenvalue weighted by Gasteiger charge is -2.15. The second kappa shape index (κ2) is 5.60. The molecule has 5 heteroatoms. The zero-order chi connectivity index (χ0) is 16.0. The molecule has 0 amide bonds. The minimum absolute atomic E-state index is 0.271. The quantitative estimate of drug-likeness (QED) is 0.608. The molecule has 0 aliphatic heterocycles. The van der Waals surface area contributed by atoms with Gasteiger partial charge in [0.2, 0.25) is 0 Å². The molecule has 1 aromatic carbocycles. The number of hydrogen-bond donors (Lipinski definition) is 0. The molecule has 1 saturated carbocycles. The Hall–Kier alpha value is -1.94. The topological polar surface area (TPSA) is 30.2 Å². The Labute approximate surface area is 139 Å². The highest BCUT2D eigenvalue weighted by molar-refractivity contribution is 6.30. The summed E-state index contributed by atoms with van der Waals surface area (Å²) in [5.74, 6) is 0.202. The molecule has 0 saturated heterocycles. The molecular formula is C18H17ClFN3. The van der Waals surface area contributed by atoms with Crippen molar-refractivity contribution in [3.63, 3.8) is 0 Å². The van der Waals surface area contributed by atoms with Gasteiger partial charge < -0.3 is 0 Å². The minimum atomic E-state index is -0.271. The highest BCUT2D eigenvalue weighted by atomic mass is 35.5. The van der Waals surface area contributed by atoms with Gasteiger partial charge in [-0.1, -0.05) is 36.6 Å². The van der Waals surface area contributed by atoms with Crippen LogP contribution in [0.2, 0.25) is 5.15 Å². The highest BCUT2D eigenvalue weighted by Crippen LogP contribution is 2.39. The average Bonchev–Trinajstić information content (AvgIpc) is 3.17. The number of rotatable bonds is 2. The second-order valence-electron chi connectivity index (χ2n) is 6.19. The molecule has 0 radical (unpaired) electrons. The van der Waals surface area contributed by atoms with Gasteiger partial charge in [0.15, 0.2) is 5.65 Å². The summed E-state index contributed by atoms with van der Waals surface area (Å²) in [7, 11) is 0. The third-order valence-corrected chi connectivity index (χ3v) is 5.08. The molecule has 1 aliphatic carbocycles. The van der Waals surface area contributed by atoms with E-state index in [0.29, 0.717) is 16.7 Å². The molecule has 1 fully saturated rings. The van der Waals surface area contributed by atoms with Crippen LogP contribution in [0, 0.1) is 12.7 Å². The third kappa shape index (κ3) is 2.41. The molecule has 118 valence electrons. The fourth-order valence-corrected chi connectivity index (χ4v) is 4.03. The Balaban J connectivity index is 1.90. The molecular weight excluding hydrogens is 313 g/mol. The van der Waals surface area contributed by atoms with Crippen LogP contribution in [0.25, 0.3) is 16.8 Å². The summed E-state index contributed by atoms with van der Waals surface area (Å²) in [6.07, 6.45) is 6.51. The molecule has 2 heterocycles. The zero-order valence-corrected chi connectivity index (χ0v) is 13.6. The summed E-state index contributed by atoms with van der Waals surface area (Å²) in [5, 5.41) is 5.04. The fourth-order valence-electron chi connectivity index (χ4n) is 3.61. The first kappa shape index (κ1) is 14.6. The molecule has 23 heavy (non-hydrogen) atoms. The van der Waals surface area contributed by atoms with Crippen LogP contribution in [0.15, 0.2) is 30.5 Å². The lowest BCUT2D eigenvalue weighted by atomic mass is 9.98. The van der Waals surface area contributed by atoms with E-state index in [9.17, 15) is 4.39 Å². The first-order chi connectivity index (χ1) is 11.1. The van der Waals surface area contributed by atoms with Crippen molar-refractivity contribution >= 4 is 17.2 Å². The lowest BCUT2D eigenvalue weighted by Crippen LogP contribution is -2.05. The van der Waals surface area contributed by atoms with Crippen LogP contribution >= 0.6 is 11.6 Å². The van der Waals surface area contributed by atoms with E-state index in [4.69, 9.17) is 16.6 Å². The van der Waals surface area contributed by atoms with E-state index in [1.807, 2.05) is 13.0 Å². The monoisotopic (exact) mass is 329 g/mol. The Kier molecular flexibility index (Phi) is 3.57. The Morgan fingerprint density at radius 2 is 2.04 bits per heavy atom. The predicted molar refractivity (Wildman–Crippen MR) is 89.3 cm³/mol. The van der Waals surface area contributed by atoms with Gasteiger partial charge in [-0.15, -0.1) is 0 Å². The molecule has 1 aliphatic rings. The van der Waals surface area contributed by atoms with E-state index in [1.54, 1.807) is 16.8 Å². The second-order valence-corrected chi connectivity index (χ2v) is 6.55. The van der Waals surface area contributed by atoms with Crippen LogP contribution in [-0.2, 0) is 0 Å². The Morgan fingerprint density at radius 3 is 2.78 bits per heavy atom. The predicted octanol–water partition coefficient (Wildman–Crippen LogP) is 5.15. The molecule has 0 N–H and O–H groups in total. The van der Waals surface area contributed by atoms with Crippen molar-refractivity contribution in [3.8, 4) is 11.1 Å². The van der Waals surface area contributed by atoms with Crippen LogP contribution in [0.3, 0.4) is 0 Å². The van der Waals surface area contributed by atoms with Gasteiger partial charge in [-0.05, 0) is 43.4 Å². The number of benzene rings is 1. The highest BCUT2D eigenvalue weighted by Gasteiger charge is 2.25. The molecule has 3 nitrogen and oxygen atoms in total. The maximum atomic E-state index is 13.5. The van der Waals surface area contributed by atoms with Crippen molar-refractivity contribution < 1.29 is 4.39 Å². The van der Waals surface area contributed by atoms with Gasteiger partial charge in [0.25, 0.3) is 0 Å². The van der Waals surface area contributed by atoms with Gasteiger partial charge in [-0.3, -0.25) is 0 Å². The lowest BCUT2D eigenvalue weighted by molar-refractivity contribution is 0.628. The fraction of sp³-hybridized carbons (Fsp3) is 0.333. The SMILES string of the molecule is Cc1nc2c(-c3cccc(F)c3)cnn2c(Cl)c1C1CCCC1. The summed E-state index contributed by atoms with van der Waals surface area (Å²) in [6, 6.07) is 6.47. The van der Waals surface area contributed by atoms with Gasteiger partial charge in [0, 0.05) is 16.8 Å². The van der Waals surface area contributed by atoms with E-state index in [0.717, 1.165) is 35.2 Å². The number of nitrogens with zero attached hydrogens (tertiary/aromatic N) is 3. The molecule has 0 unspecified atom stereocenters. The van der Waals surface area contributed by atoms with Crippen molar-refractivity contribution in [1.82, 2.24) is 14.6 Å². The Morgan fingerprint density at radius 1 is 1.26 bits per heavy atom. The van der Waals surface area contributed by atoms with E-state index >= 15 is 0 Å². The minimum Gasteiger partial charge on any atom is -0.233 e. The smallest absolute Gasteiger partial charge is 0.164 e. The van der Waals surface area contributed by atoms with Gasteiger partial charge >= 0.3 is 0 Å². The number of fused-ring (bicyclic) bond motifs is 1. The van der Waals surface area contributed by atoms with E-state index < -0.39 is 0 Å². The average molecular weight is 330 g/mol. The normalized spacial score (nSPS) is 15.6. The van der Waals surface area contributed by atoms with Gasteiger partial charge in [-0.25, -0.2) is 13.9 Å². The largest absolute Gasteiger partial charge is 0.233 e. The van der Waals surface area contributed by atoms with E-state index in [-0.39, 0.29) is 5.82 Å². The number of aromatic nitrogens is 3. The number of aryl methyl sites for hydroxylation is 1. The van der Waals surface area contributed by atoms with Crippen molar-refractivity contribution in [2.45, 2.75) is 38.5 Å². The maximum absolute atomic E-state index is 13.5. The van der Waals surface area contributed by atoms with Crippen LogP contribution in [-0.4, -0.2) is 14.6 Å². The summed E-state index contributed by atoms with van der Waals surface area (Å²) in [4.78, 5) is 4.74. The molecule has 0 atom stereocenters. The zero-order valence-electron chi connectivity index (χ0n) is 12.9. The van der Waals surface area contributed by atoms with Crippen molar-refractivity contribution in [3.05, 3.63) is 52.7 Å². The molecule has 2 aromatic heterocycles. The van der Waals surface area contributed by atoms with Crippen molar-refractivity contribution in [2.75, 3.05) is 0 Å². The number of hydrogen-bond acceptors (Lipinski definition) is 2. The van der Waals surface area contributed by atoms with Gasteiger partial charge in [0.05, 0.1) is 6.20 Å². The Bertz CT molecular complexity index is 881. The van der Waals surface area contributed by atoms with Crippen LogP contribution in [0.1, 0.15) is 42.9 Å². The molecule has 0 spiro atoms. The van der Waals surface area contributed by atoms with Gasteiger partial charge in [-0.2, -0.15) is 5.10 Å². The summed E-state index contributed by atoms with van der Waals surface area (Å²) >= 11 is 6.65. The first-order valence-electron chi connectivity index (χ1n) is 7.95. The first-order valence-corrected chi connectivity index (χ1v) is 8.32. The molecule has 3 aromatic rings. The van der Waals surface area contributed by atoms with E-state index in [2.05, 4.69) is 5.10 Å². The van der Waals surface area contributed by atoms with Crippen LogP contribution in [0.4, 0.5) is 4.39 Å². The number of halogens is 2. The van der Waals surface area contributed by atoms with Crippen LogP contribution in [0.5, 0.6) is 0 Å². The third-order valence-electron chi connectivity index (χ3n) is 4.71. The maximum Gasteiger partial charge on any atom is 0.164 e. The molecule has 4 rings (SSSR count).